The van der Waals surface area contributed by atoms with Gasteiger partial charge in [-0.15, -0.1) is 12.3 Å². The summed E-state index contributed by atoms with van der Waals surface area (Å²) in [5.74, 6) is 2.15. The molecule has 0 radical (unpaired) electrons. The van der Waals surface area contributed by atoms with E-state index in [1.54, 1.807) is 0 Å². The number of hydrogen-bond donors (Lipinski definition) is 1. The van der Waals surface area contributed by atoms with Crippen LogP contribution in [0.15, 0.2) is 18.2 Å². The second-order valence-electron chi connectivity index (χ2n) is 4.10. The number of benzene rings is 1. The Kier molecular flexibility index (Phi) is 4.71. The van der Waals surface area contributed by atoms with Gasteiger partial charge in [-0.3, -0.25) is 0 Å². The van der Waals surface area contributed by atoms with E-state index < -0.39 is 35.1 Å². The average Bonchev–Trinajstić information content (AvgIpc) is 2.33. The first-order chi connectivity index (χ1) is 9.05. The molecule has 1 unspecified atom stereocenters. The highest BCUT2D eigenvalue weighted by molar-refractivity contribution is 5.34. The fourth-order valence-corrected chi connectivity index (χ4v) is 1.56. The van der Waals surface area contributed by atoms with E-state index in [4.69, 9.17) is 6.42 Å². The van der Waals surface area contributed by atoms with E-state index in [1.165, 1.54) is 0 Å². The Hall–Kier alpha value is -1.68. The van der Waals surface area contributed by atoms with Gasteiger partial charge in [0.15, 0.2) is 0 Å². The van der Waals surface area contributed by atoms with Crippen molar-refractivity contribution >= 4 is 0 Å². The van der Waals surface area contributed by atoms with Gasteiger partial charge in [-0.05, 0) is 30.2 Å². The molecule has 0 aliphatic carbocycles. The third kappa shape index (κ3) is 4.17. The van der Waals surface area contributed by atoms with Gasteiger partial charge >= 0.3 is 12.4 Å². The number of terminal acetylenes is 1. The zero-order chi connectivity index (χ0) is 15.6. The van der Waals surface area contributed by atoms with Gasteiger partial charge in [-0.1, -0.05) is 0 Å². The number of rotatable bonds is 3. The summed E-state index contributed by atoms with van der Waals surface area (Å²) in [5.41, 5.74) is -3.37. The van der Waals surface area contributed by atoms with E-state index >= 15 is 0 Å². The zero-order valence-corrected chi connectivity index (χ0v) is 10.0. The predicted octanol–water partition coefficient (Wildman–Crippen LogP) is 4.17. The van der Waals surface area contributed by atoms with Crippen molar-refractivity contribution in [1.82, 2.24) is 0 Å². The molecule has 20 heavy (non-hydrogen) atoms. The van der Waals surface area contributed by atoms with Crippen LogP contribution in [0, 0.1) is 12.3 Å². The maximum atomic E-state index is 12.6. The van der Waals surface area contributed by atoms with Crippen molar-refractivity contribution in [3.8, 4) is 12.3 Å². The van der Waals surface area contributed by atoms with E-state index in [2.05, 4.69) is 5.92 Å². The third-order valence-electron chi connectivity index (χ3n) is 2.56. The monoisotopic (exact) mass is 296 g/mol. The Morgan fingerprint density at radius 3 is 1.80 bits per heavy atom. The Labute approximate surface area is 111 Å². The fraction of sp³-hybridized carbons (Fsp3) is 0.385. The minimum Gasteiger partial charge on any atom is -0.388 e. The zero-order valence-electron chi connectivity index (χ0n) is 10.0. The molecule has 1 atom stereocenters. The van der Waals surface area contributed by atoms with Crippen LogP contribution in [0.3, 0.4) is 0 Å². The smallest absolute Gasteiger partial charge is 0.388 e. The molecule has 110 valence electrons. The molecule has 1 N–H and O–H groups in total. The summed E-state index contributed by atoms with van der Waals surface area (Å²) >= 11 is 0. The molecule has 7 heteroatoms. The second kappa shape index (κ2) is 5.75. The highest BCUT2D eigenvalue weighted by Crippen LogP contribution is 2.37. The topological polar surface area (TPSA) is 20.2 Å². The van der Waals surface area contributed by atoms with Gasteiger partial charge in [-0.25, -0.2) is 0 Å². The SMILES string of the molecule is C#CCCC(O)c1cc(C(F)(F)F)cc(C(F)(F)F)c1. The van der Waals surface area contributed by atoms with Crippen molar-refractivity contribution in [2.45, 2.75) is 31.3 Å². The van der Waals surface area contributed by atoms with Crippen molar-refractivity contribution in [2.24, 2.45) is 0 Å². The van der Waals surface area contributed by atoms with E-state index in [1.807, 2.05) is 0 Å². The van der Waals surface area contributed by atoms with Crippen LogP contribution in [0.25, 0.3) is 0 Å². The Morgan fingerprint density at radius 1 is 1.00 bits per heavy atom. The van der Waals surface area contributed by atoms with E-state index in [0.717, 1.165) is 0 Å². The molecule has 0 saturated heterocycles. The van der Waals surface area contributed by atoms with Crippen LogP contribution in [0.4, 0.5) is 26.3 Å². The summed E-state index contributed by atoms with van der Waals surface area (Å²) < 4.78 is 75.4. The lowest BCUT2D eigenvalue weighted by molar-refractivity contribution is -0.143. The average molecular weight is 296 g/mol. The predicted molar refractivity (Wildman–Crippen MR) is 59.5 cm³/mol. The normalized spacial score (nSPS) is 13.9. The minimum atomic E-state index is -4.93. The molecule has 1 aromatic rings. The lowest BCUT2D eigenvalue weighted by Gasteiger charge is -2.16. The Bertz CT molecular complexity index is 477. The highest BCUT2D eigenvalue weighted by atomic mass is 19.4. The quantitative estimate of drug-likeness (QED) is 0.655. The van der Waals surface area contributed by atoms with Gasteiger partial charge in [0.25, 0.3) is 0 Å². The lowest BCUT2D eigenvalue weighted by atomic mass is 9.98. The van der Waals surface area contributed by atoms with Crippen molar-refractivity contribution < 1.29 is 31.4 Å². The van der Waals surface area contributed by atoms with Gasteiger partial charge < -0.3 is 5.11 Å². The van der Waals surface area contributed by atoms with Crippen LogP contribution in [-0.2, 0) is 12.4 Å². The number of hydrogen-bond acceptors (Lipinski definition) is 1. The first-order valence-corrected chi connectivity index (χ1v) is 5.46. The fourth-order valence-electron chi connectivity index (χ4n) is 1.56. The molecular formula is C13H10F6O. The first-order valence-electron chi connectivity index (χ1n) is 5.46. The maximum absolute atomic E-state index is 12.6. The van der Waals surface area contributed by atoms with Crippen LogP contribution in [0.5, 0.6) is 0 Å². The molecular weight excluding hydrogens is 286 g/mol. The molecule has 1 rings (SSSR count). The van der Waals surface area contributed by atoms with Gasteiger partial charge in [-0.2, -0.15) is 26.3 Å². The highest BCUT2D eigenvalue weighted by Gasteiger charge is 2.37. The summed E-state index contributed by atoms with van der Waals surface area (Å²) in [5, 5.41) is 9.60. The van der Waals surface area contributed by atoms with Crippen LogP contribution in [0.1, 0.15) is 35.6 Å². The van der Waals surface area contributed by atoms with E-state index in [-0.39, 0.29) is 18.9 Å². The third-order valence-corrected chi connectivity index (χ3v) is 2.56. The van der Waals surface area contributed by atoms with Gasteiger partial charge in [0.05, 0.1) is 17.2 Å². The Morgan fingerprint density at radius 2 is 1.45 bits per heavy atom. The summed E-state index contributed by atoms with van der Waals surface area (Å²) in [6.07, 6.45) is -6.48. The summed E-state index contributed by atoms with van der Waals surface area (Å²) in [6, 6.07) is 1.00. The van der Waals surface area contributed by atoms with Crippen molar-refractivity contribution in [2.75, 3.05) is 0 Å². The van der Waals surface area contributed by atoms with Gasteiger partial charge in [0, 0.05) is 6.42 Å². The van der Waals surface area contributed by atoms with Crippen LogP contribution in [0.2, 0.25) is 0 Å². The van der Waals surface area contributed by atoms with Crippen LogP contribution < -0.4 is 0 Å². The van der Waals surface area contributed by atoms with Gasteiger partial charge in [0.2, 0.25) is 0 Å². The molecule has 0 spiro atoms. The van der Waals surface area contributed by atoms with Gasteiger partial charge in [0.1, 0.15) is 0 Å². The maximum Gasteiger partial charge on any atom is 0.416 e. The summed E-state index contributed by atoms with van der Waals surface area (Å²) in [7, 11) is 0. The molecule has 0 bridgehead atoms. The standard InChI is InChI=1S/C13H10F6O/c1-2-3-4-11(20)8-5-9(12(14,15)16)7-10(6-8)13(17,18)19/h1,5-7,11,20H,3-4H2. The molecule has 0 aromatic heterocycles. The minimum absolute atomic E-state index is 0.0113. The molecule has 1 nitrogen and oxygen atoms in total. The first kappa shape index (κ1) is 16.4. The van der Waals surface area contributed by atoms with Crippen LogP contribution >= 0.6 is 0 Å². The number of alkyl halides is 6. The second-order valence-corrected chi connectivity index (χ2v) is 4.10. The summed E-state index contributed by atoms with van der Waals surface area (Å²) in [6.45, 7) is 0. The lowest BCUT2D eigenvalue weighted by Crippen LogP contribution is -2.13. The number of aliphatic hydroxyl groups is 1. The molecule has 0 aliphatic rings. The molecule has 0 heterocycles. The van der Waals surface area contributed by atoms with E-state index in [9.17, 15) is 31.4 Å². The molecule has 0 saturated carbocycles. The summed E-state index contributed by atoms with van der Waals surface area (Å²) in [4.78, 5) is 0. The molecule has 0 aliphatic heterocycles. The largest absolute Gasteiger partial charge is 0.416 e. The number of aliphatic hydroxyl groups excluding tert-OH is 1. The number of halogens is 6. The van der Waals surface area contributed by atoms with E-state index in [0.29, 0.717) is 12.1 Å². The Balaban J connectivity index is 3.28. The molecule has 0 amide bonds. The van der Waals surface area contributed by atoms with Crippen LogP contribution in [-0.4, -0.2) is 5.11 Å². The molecule has 1 aromatic carbocycles. The van der Waals surface area contributed by atoms with Crippen molar-refractivity contribution in [1.29, 1.82) is 0 Å². The molecule has 0 fully saturated rings. The van der Waals surface area contributed by atoms with Crippen molar-refractivity contribution in [3.63, 3.8) is 0 Å². The van der Waals surface area contributed by atoms with Crippen molar-refractivity contribution in [3.05, 3.63) is 34.9 Å².